The molecule has 1 aliphatic rings. The molecule has 28 heavy (non-hydrogen) atoms. The van der Waals surface area contributed by atoms with Gasteiger partial charge in [-0.25, -0.2) is 0 Å². The Morgan fingerprint density at radius 1 is 1.14 bits per heavy atom. The lowest BCUT2D eigenvalue weighted by molar-refractivity contribution is 0.0682. The Kier molecular flexibility index (Phi) is 5.50. The van der Waals surface area contributed by atoms with Gasteiger partial charge in [-0.05, 0) is 37.3 Å². The summed E-state index contributed by atoms with van der Waals surface area (Å²) in [6.45, 7) is 5.13. The van der Waals surface area contributed by atoms with Crippen molar-refractivity contribution in [3.63, 3.8) is 0 Å². The first-order valence-electron chi connectivity index (χ1n) is 9.96. The highest BCUT2D eigenvalue weighted by Crippen LogP contribution is 2.22. The van der Waals surface area contributed by atoms with Crippen LogP contribution in [0.25, 0.3) is 0 Å². The fourth-order valence-electron chi connectivity index (χ4n) is 3.76. The molecule has 0 bridgehead atoms. The van der Waals surface area contributed by atoms with Crippen LogP contribution in [0.4, 0.5) is 0 Å². The number of carbonyl (C=O) groups is 1. The Labute approximate surface area is 165 Å². The summed E-state index contributed by atoms with van der Waals surface area (Å²) in [6, 6.07) is 12.2. The van der Waals surface area contributed by atoms with Crippen LogP contribution in [0.15, 0.2) is 48.9 Å². The normalized spacial score (nSPS) is 15.1. The highest BCUT2D eigenvalue weighted by Gasteiger charge is 2.26. The van der Waals surface area contributed by atoms with E-state index in [0.29, 0.717) is 11.6 Å². The molecule has 1 aliphatic heterocycles. The molecule has 146 valence electrons. The maximum atomic E-state index is 12.6. The second-order valence-corrected chi connectivity index (χ2v) is 7.36. The Bertz CT molecular complexity index is 908. The SMILES string of the molecule is CCn1ccc(C(=O)N2CCC(Cc3nncn3Cc3ccccc3)CC2)n1. The zero-order chi connectivity index (χ0) is 19.3. The third kappa shape index (κ3) is 4.13. The average molecular weight is 378 g/mol. The Hall–Kier alpha value is -2.96. The van der Waals surface area contributed by atoms with Crippen molar-refractivity contribution in [3.05, 3.63) is 66.0 Å². The molecule has 1 fully saturated rings. The first kappa shape index (κ1) is 18.4. The number of likely N-dealkylation sites (tertiary alicyclic amines) is 1. The van der Waals surface area contributed by atoms with E-state index >= 15 is 0 Å². The van der Waals surface area contributed by atoms with E-state index < -0.39 is 0 Å². The monoisotopic (exact) mass is 378 g/mol. The number of amides is 1. The van der Waals surface area contributed by atoms with Crippen LogP contribution >= 0.6 is 0 Å². The highest BCUT2D eigenvalue weighted by atomic mass is 16.2. The van der Waals surface area contributed by atoms with Crippen LogP contribution in [0.1, 0.15) is 41.6 Å². The molecule has 0 radical (unpaired) electrons. The first-order chi connectivity index (χ1) is 13.7. The van der Waals surface area contributed by atoms with Crippen LogP contribution in [0, 0.1) is 5.92 Å². The van der Waals surface area contributed by atoms with Gasteiger partial charge in [0.2, 0.25) is 0 Å². The number of aromatic nitrogens is 5. The molecule has 7 heteroatoms. The van der Waals surface area contributed by atoms with Crippen molar-refractivity contribution >= 4 is 5.91 Å². The fourth-order valence-corrected chi connectivity index (χ4v) is 3.76. The van der Waals surface area contributed by atoms with E-state index in [1.54, 1.807) is 4.68 Å². The van der Waals surface area contributed by atoms with Gasteiger partial charge in [0, 0.05) is 32.3 Å². The molecular weight excluding hydrogens is 352 g/mol. The van der Waals surface area contributed by atoms with E-state index in [2.05, 4.69) is 44.1 Å². The van der Waals surface area contributed by atoms with Crippen molar-refractivity contribution < 1.29 is 4.79 Å². The predicted molar refractivity (Wildman–Crippen MR) is 106 cm³/mol. The Morgan fingerprint density at radius 2 is 1.93 bits per heavy atom. The average Bonchev–Trinajstić information content (AvgIpc) is 3.39. The summed E-state index contributed by atoms with van der Waals surface area (Å²) in [7, 11) is 0. The molecule has 1 saturated heterocycles. The van der Waals surface area contributed by atoms with E-state index in [0.717, 1.165) is 51.3 Å². The number of nitrogens with zero attached hydrogens (tertiary/aromatic N) is 6. The van der Waals surface area contributed by atoms with E-state index in [4.69, 9.17) is 0 Å². The van der Waals surface area contributed by atoms with Crippen molar-refractivity contribution in [1.29, 1.82) is 0 Å². The zero-order valence-corrected chi connectivity index (χ0v) is 16.2. The molecule has 7 nitrogen and oxygen atoms in total. The van der Waals surface area contributed by atoms with Crippen molar-refractivity contribution in [2.45, 2.75) is 39.3 Å². The van der Waals surface area contributed by atoms with Gasteiger partial charge in [-0.15, -0.1) is 10.2 Å². The lowest BCUT2D eigenvalue weighted by Gasteiger charge is -2.31. The number of carbonyl (C=O) groups excluding carboxylic acids is 1. The van der Waals surface area contributed by atoms with Crippen LogP contribution < -0.4 is 0 Å². The van der Waals surface area contributed by atoms with Gasteiger partial charge in [0.1, 0.15) is 17.8 Å². The molecule has 0 saturated carbocycles. The van der Waals surface area contributed by atoms with Gasteiger partial charge in [0.15, 0.2) is 0 Å². The van der Waals surface area contributed by atoms with Crippen molar-refractivity contribution in [3.8, 4) is 0 Å². The highest BCUT2D eigenvalue weighted by molar-refractivity contribution is 5.92. The molecule has 2 aromatic heterocycles. The number of aryl methyl sites for hydroxylation is 1. The predicted octanol–water partition coefficient (Wildman–Crippen LogP) is 2.64. The minimum absolute atomic E-state index is 0.0397. The summed E-state index contributed by atoms with van der Waals surface area (Å²) in [4.78, 5) is 14.6. The zero-order valence-electron chi connectivity index (χ0n) is 16.2. The number of hydrogen-bond donors (Lipinski definition) is 0. The third-order valence-electron chi connectivity index (χ3n) is 5.45. The third-order valence-corrected chi connectivity index (χ3v) is 5.45. The van der Waals surface area contributed by atoms with E-state index in [9.17, 15) is 4.79 Å². The Morgan fingerprint density at radius 3 is 2.64 bits per heavy atom. The summed E-state index contributed by atoms with van der Waals surface area (Å²) in [5, 5.41) is 12.8. The molecule has 3 aromatic rings. The summed E-state index contributed by atoms with van der Waals surface area (Å²) in [5.41, 5.74) is 1.79. The molecular formula is C21H26N6O. The molecule has 3 heterocycles. The second kappa shape index (κ2) is 8.37. The summed E-state index contributed by atoms with van der Waals surface area (Å²) in [6.07, 6.45) is 6.54. The van der Waals surface area contributed by atoms with Crippen LogP contribution in [0.5, 0.6) is 0 Å². The van der Waals surface area contributed by atoms with Gasteiger partial charge in [-0.3, -0.25) is 9.48 Å². The van der Waals surface area contributed by atoms with Crippen LogP contribution in [-0.2, 0) is 19.5 Å². The summed E-state index contributed by atoms with van der Waals surface area (Å²) < 4.78 is 3.92. The minimum atomic E-state index is 0.0397. The van der Waals surface area contributed by atoms with Crippen LogP contribution in [0.3, 0.4) is 0 Å². The Balaban J connectivity index is 1.32. The van der Waals surface area contributed by atoms with Gasteiger partial charge < -0.3 is 9.47 Å². The van der Waals surface area contributed by atoms with Crippen molar-refractivity contribution in [2.24, 2.45) is 5.92 Å². The second-order valence-electron chi connectivity index (χ2n) is 7.36. The number of benzene rings is 1. The summed E-state index contributed by atoms with van der Waals surface area (Å²) >= 11 is 0. The molecule has 1 amide bonds. The fraction of sp³-hybridized carbons (Fsp3) is 0.429. The molecule has 0 atom stereocenters. The molecule has 1 aromatic carbocycles. The largest absolute Gasteiger partial charge is 0.337 e. The number of piperidine rings is 1. The smallest absolute Gasteiger partial charge is 0.274 e. The molecule has 0 unspecified atom stereocenters. The minimum Gasteiger partial charge on any atom is -0.337 e. The van der Waals surface area contributed by atoms with Gasteiger partial charge in [-0.1, -0.05) is 30.3 Å². The molecule has 0 N–H and O–H groups in total. The lowest BCUT2D eigenvalue weighted by atomic mass is 9.93. The number of hydrogen-bond acceptors (Lipinski definition) is 4. The van der Waals surface area contributed by atoms with Gasteiger partial charge in [0.05, 0.1) is 6.54 Å². The van der Waals surface area contributed by atoms with E-state index in [1.807, 2.05) is 36.5 Å². The quantitative estimate of drug-likeness (QED) is 0.661. The van der Waals surface area contributed by atoms with Crippen molar-refractivity contribution in [2.75, 3.05) is 13.1 Å². The van der Waals surface area contributed by atoms with E-state index in [1.165, 1.54) is 5.56 Å². The summed E-state index contributed by atoms with van der Waals surface area (Å²) in [5.74, 6) is 1.59. The first-order valence-corrected chi connectivity index (χ1v) is 9.96. The van der Waals surface area contributed by atoms with Crippen LogP contribution in [-0.4, -0.2) is 48.4 Å². The molecule has 0 aliphatic carbocycles. The maximum Gasteiger partial charge on any atom is 0.274 e. The molecule has 4 rings (SSSR count). The number of rotatable bonds is 6. The van der Waals surface area contributed by atoms with Gasteiger partial charge >= 0.3 is 0 Å². The molecule has 0 spiro atoms. The van der Waals surface area contributed by atoms with Crippen molar-refractivity contribution in [1.82, 2.24) is 29.4 Å². The standard InChI is InChI=1S/C21H26N6O/c1-2-27-13-10-19(24-27)21(28)25-11-8-17(9-12-25)14-20-23-22-16-26(20)15-18-6-4-3-5-7-18/h3-7,10,13,16-17H,2,8-9,11-12,14-15H2,1H3. The van der Waals surface area contributed by atoms with Gasteiger partial charge in [0.25, 0.3) is 5.91 Å². The lowest BCUT2D eigenvalue weighted by Crippen LogP contribution is -2.39. The maximum absolute atomic E-state index is 12.6. The van der Waals surface area contributed by atoms with E-state index in [-0.39, 0.29) is 5.91 Å². The van der Waals surface area contributed by atoms with Crippen LogP contribution in [0.2, 0.25) is 0 Å². The van der Waals surface area contributed by atoms with Gasteiger partial charge in [-0.2, -0.15) is 5.10 Å². The topological polar surface area (TPSA) is 68.8 Å².